The van der Waals surface area contributed by atoms with E-state index in [0.717, 1.165) is 42.1 Å². The quantitative estimate of drug-likeness (QED) is 0.299. The highest BCUT2D eigenvalue weighted by Gasteiger charge is 2.09. The van der Waals surface area contributed by atoms with Crippen LogP contribution < -0.4 is 19.5 Å². The van der Waals surface area contributed by atoms with Crippen LogP contribution in [0.1, 0.15) is 23.6 Å². The lowest BCUT2D eigenvalue weighted by atomic mass is 10.1. The van der Waals surface area contributed by atoms with Crippen molar-refractivity contribution in [1.29, 1.82) is 0 Å². The van der Waals surface area contributed by atoms with Crippen molar-refractivity contribution < 1.29 is 14.2 Å². The molecule has 0 amide bonds. The van der Waals surface area contributed by atoms with Crippen molar-refractivity contribution in [3.63, 3.8) is 0 Å². The van der Waals surface area contributed by atoms with E-state index in [1.807, 2.05) is 43.3 Å². The number of rotatable bonds is 11. The highest BCUT2D eigenvalue weighted by atomic mass is 35.5. The van der Waals surface area contributed by atoms with Crippen molar-refractivity contribution in [3.8, 4) is 17.2 Å². The van der Waals surface area contributed by atoms with Crippen LogP contribution >= 0.6 is 35.6 Å². The second-order valence-electron chi connectivity index (χ2n) is 7.01. The molecule has 0 bridgehead atoms. The van der Waals surface area contributed by atoms with Crippen LogP contribution in [0.3, 0.4) is 0 Å². The molecule has 0 aliphatic carbocycles. The van der Waals surface area contributed by atoms with Gasteiger partial charge in [0, 0.05) is 22.2 Å². The van der Waals surface area contributed by atoms with Crippen LogP contribution in [0, 0.1) is 0 Å². The van der Waals surface area contributed by atoms with E-state index in [1.54, 1.807) is 19.2 Å². The molecule has 1 N–H and O–H groups in total. The summed E-state index contributed by atoms with van der Waals surface area (Å²) in [7, 11) is 1.68. The predicted molar refractivity (Wildman–Crippen MR) is 134 cm³/mol. The summed E-state index contributed by atoms with van der Waals surface area (Å²) in [6, 6.07) is 19.5. The number of benzene rings is 3. The highest BCUT2D eigenvalue weighted by Crippen LogP contribution is 2.30. The largest absolute Gasteiger partial charge is 0.497 e. The first-order valence-electron chi connectivity index (χ1n) is 10.2. The Labute approximate surface area is 206 Å². The minimum absolute atomic E-state index is 0. The first-order valence-corrected chi connectivity index (χ1v) is 11.0. The minimum Gasteiger partial charge on any atom is -0.497 e. The first-order chi connectivity index (χ1) is 15.1. The molecule has 3 rings (SSSR count). The van der Waals surface area contributed by atoms with Crippen molar-refractivity contribution in [2.24, 2.45) is 0 Å². The summed E-state index contributed by atoms with van der Waals surface area (Å²) in [6.07, 6.45) is 0.950. The van der Waals surface area contributed by atoms with Gasteiger partial charge in [-0.15, -0.1) is 12.4 Å². The molecule has 4 nitrogen and oxygen atoms in total. The fourth-order valence-corrected chi connectivity index (χ4v) is 3.56. The van der Waals surface area contributed by atoms with E-state index in [-0.39, 0.29) is 12.4 Å². The van der Waals surface area contributed by atoms with Crippen molar-refractivity contribution in [2.45, 2.75) is 26.5 Å². The van der Waals surface area contributed by atoms with Gasteiger partial charge >= 0.3 is 0 Å². The number of hydrogen-bond acceptors (Lipinski definition) is 4. The average Bonchev–Trinajstić information content (AvgIpc) is 2.78. The van der Waals surface area contributed by atoms with Crippen LogP contribution in [-0.4, -0.2) is 20.3 Å². The number of methoxy groups -OCH3 is 1. The van der Waals surface area contributed by atoms with Gasteiger partial charge < -0.3 is 19.5 Å². The molecule has 0 radical (unpaired) electrons. The van der Waals surface area contributed by atoms with Crippen LogP contribution in [0.15, 0.2) is 60.7 Å². The molecule has 0 unspecified atom stereocenters. The monoisotopic (exact) mass is 495 g/mol. The lowest BCUT2D eigenvalue weighted by Gasteiger charge is -2.14. The topological polar surface area (TPSA) is 39.7 Å². The Hall–Kier alpha value is -2.11. The third-order valence-corrected chi connectivity index (χ3v) is 5.37. The third-order valence-electron chi connectivity index (χ3n) is 4.78. The van der Waals surface area contributed by atoms with E-state index in [0.29, 0.717) is 29.0 Å². The third kappa shape index (κ3) is 7.79. The number of ether oxygens (including phenoxy) is 3. The molecule has 0 fully saturated rings. The standard InChI is InChI=1S/C25H27Cl2NO3.ClH/c1-3-30-25-14-19(16-28-13-12-18-4-9-22(29-2)10-5-18)6-11-24(25)31-17-20-7-8-21(26)15-23(20)27;/h4-11,14-15,28H,3,12-13,16-17H2,1-2H3;1H. The summed E-state index contributed by atoms with van der Waals surface area (Å²) in [4.78, 5) is 0. The van der Waals surface area contributed by atoms with Gasteiger partial charge in [0.05, 0.1) is 13.7 Å². The molecule has 3 aromatic rings. The Balaban J connectivity index is 0.00000363. The summed E-state index contributed by atoms with van der Waals surface area (Å²) in [5, 5.41) is 4.67. The Morgan fingerprint density at radius 2 is 1.59 bits per heavy atom. The minimum atomic E-state index is 0. The number of hydrogen-bond donors (Lipinski definition) is 1. The molecule has 0 aliphatic rings. The molecule has 7 heteroatoms. The fourth-order valence-electron chi connectivity index (χ4n) is 3.10. The lowest BCUT2D eigenvalue weighted by Crippen LogP contribution is -2.16. The van der Waals surface area contributed by atoms with Crippen LogP contribution in [-0.2, 0) is 19.6 Å². The molecule has 32 heavy (non-hydrogen) atoms. The summed E-state index contributed by atoms with van der Waals surface area (Å²) in [5.41, 5.74) is 3.28. The second-order valence-corrected chi connectivity index (χ2v) is 7.86. The van der Waals surface area contributed by atoms with Gasteiger partial charge in [-0.3, -0.25) is 0 Å². The molecule has 0 spiro atoms. The maximum Gasteiger partial charge on any atom is 0.161 e. The van der Waals surface area contributed by atoms with E-state index in [4.69, 9.17) is 37.4 Å². The van der Waals surface area contributed by atoms with E-state index in [1.165, 1.54) is 5.56 Å². The fraction of sp³-hybridized carbons (Fsp3) is 0.280. The molecular formula is C25H28Cl3NO3. The normalized spacial score (nSPS) is 10.4. The molecule has 0 aromatic heterocycles. The summed E-state index contributed by atoms with van der Waals surface area (Å²) in [6.45, 7) is 4.49. The highest BCUT2D eigenvalue weighted by molar-refractivity contribution is 6.35. The lowest BCUT2D eigenvalue weighted by molar-refractivity contribution is 0.269. The zero-order valence-corrected chi connectivity index (χ0v) is 20.5. The van der Waals surface area contributed by atoms with Crippen LogP contribution in [0.5, 0.6) is 17.2 Å². The van der Waals surface area contributed by atoms with Crippen LogP contribution in [0.2, 0.25) is 10.0 Å². The first kappa shape index (κ1) is 26.1. The molecular weight excluding hydrogens is 469 g/mol. The van der Waals surface area contributed by atoms with Crippen molar-refractivity contribution in [1.82, 2.24) is 5.32 Å². The van der Waals surface area contributed by atoms with E-state index in [2.05, 4.69) is 17.4 Å². The van der Waals surface area contributed by atoms with Gasteiger partial charge in [0.25, 0.3) is 0 Å². The van der Waals surface area contributed by atoms with Crippen LogP contribution in [0.4, 0.5) is 0 Å². The van der Waals surface area contributed by atoms with E-state index < -0.39 is 0 Å². The van der Waals surface area contributed by atoms with Gasteiger partial charge in [0.2, 0.25) is 0 Å². The van der Waals surface area contributed by atoms with Gasteiger partial charge in [-0.1, -0.05) is 47.5 Å². The summed E-state index contributed by atoms with van der Waals surface area (Å²) < 4.78 is 17.0. The maximum atomic E-state index is 6.24. The molecule has 0 saturated heterocycles. The SMILES string of the molecule is CCOc1cc(CNCCc2ccc(OC)cc2)ccc1OCc1ccc(Cl)cc1Cl.Cl. The van der Waals surface area contributed by atoms with Crippen molar-refractivity contribution >= 4 is 35.6 Å². The van der Waals surface area contributed by atoms with Gasteiger partial charge in [-0.2, -0.15) is 0 Å². The molecule has 0 atom stereocenters. The van der Waals surface area contributed by atoms with Gasteiger partial charge in [0.15, 0.2) is 11.5 Å². The Morgan fingerprint density at radius 1 is 0.844 bits per heavy atom. The Morgan fingerprint density at radius 3 is 2.28 bits per heavy atom. The summed E-state index contributed by atoms with van der Waals surface area (Å²) >= 11 is 12.2. The number of halogens is 3. The van der Waals surface area contributed by atoms with Gasteiger partial charge in [0.1, 0.15) is 12.4 Å². The van der Waals surface area contributed by atoms with E-state index in [9.17, 15) is 0 Å². The smallest absolute Gasteiger partial charge is 0.161 e. The zero-order valence-electron chi connectivity index (χ0n) is 18.2. The van der Waals surface area contributed by atoms with Crippen molar-refractivity contribution in [3.05, 3.63) is 87.4 Å². The van der Waals surface area contributed by atoms with E-state index >= 15 is 0 Å². The number of nitrogens with one attached hydrogen (secondary N) is 1. The summed E-state index contributed by atoms with van der Waals surface area (Å²) in [5.74, 6) is 2.29. The molecule has 0 saturated carbocycles. The molecule has 0 aliphatic heterocycles. The predicted octanol–water partition coefficient (Wildman–Crippen LogP) is 6.73. The maximum absolute atomic E-state index is 6.24. The Bertz CT molecular complexity index is 981. The van der Waals surface area contributed by atoms with Crippen molar-refractivity contribution in [2.75, 3.05) is 20.3 Å². The molecule has 0 heterocycles. The van der Waals surface area contributed by atoms with Crippen LogP contribution in [0.25, 0.3) is 0 Å². The zero-order chi connectivity index (χ0) is 22.1. The molecule has 172 valence electrons. The molecule has 3 aromatic carbocycles. The average molecular weight is 497 g/mol. The van der Waals surface area contributed by atoms with Gasteiger partial charge in [-0.05, 0) is 67.4 Å². The Kier molecular flexibility index (Phi) is 11.0. The van der Waals surface area contributed by atoms with Gasteiger partial charge in [-0.25, -0.2) is 0 Å². The second kappa shape index (κ2) is 13.4.